The van der Waals surface area contributed by atoms with Crippen molar-refractivity contribution in [1.29, 1.82) is 0 Å². The number of carbonyl (C=O) groups is 2. The van der Waals surface area contributed by atoms with Crippen molar-refractivity contribution in [2.24, 2.45) is 5.92 Å². The Morgan fingerprint density at radius 1 is 1.26 bits per heavy atom. The van der Waals surface area contributed by atoms with Gasteiger partial charge in [-0.3, -0.25) is 4.79 Å². The summed E-state index contributed by atoms with van der Waals surface area (Å²) in [5.74, 6) is -2.35. The van der Waals surface area contributed by atoms with Crippen LogP contribution < -0.4 is 5.32 Å². The number of benzene rings is 1. The van der Waals surface area contributed by atoms with Gasteiger partial charge in [0, 0.05) is 25.6 Å². The molecule has 2 amide bonds. The predicted octanol–water partition coefficient (Wildman–Crippen LogP) is 2.45. The lowest BCUT2D eigenvalue weighted by atomic mass is 9.80. The van der Waals surface area contributed by atoms with E-state index in [2.05, 4.69) is 5.32 Å². The lowest BCUT2D eigenvalue weighted by Gasteiger charge is -2.39. The fraction of sp³-hybridized carbons (Fsp3) is 0.467. The van der Waals surface area contributed by atoms with Crippen LogP contribution >= 0.6 is 0 Å². The molecule has 0 radical (unpaired) electrons. The van der Waals surface area contributed by atoms with Crippen LogP contribution in [0.2, 0.25) is 0 Å². The first kappa shape index (κ1) is 17.1. The molecule has 1 aliphatic heterocycles. The number of likely N-dealkylation sites (tertiary alicyclic amines) is 1. The smallest absolute Gasteiger partial charge is 0.465 e. The first-order valence-electron chi connectivity index (χ1n) is 7.17. The molecule has 0 spiro atoms. The molecule has 0 saturated carbocycles. The van der Waals surface area contributed by atoms with Gasteiger partial charge >= 0.3 is 18.2 Å². The average Bonchev–Trinajstić information content (AvgIpc) is 2.52. The summed E-state index contributed by atoms with van der Waals surface area (Å²) < 4.78 is 37.9. The number of piperidine rings is 1. The minimum absolute atomic E-state index is 0.0341. The van der Waals surface area contributed by atoms with Crippen LogP contribution in [-0.4, -0.2) is 47.8 Å². The van der Waals surface area contributed by atoms with E-state index in [1.807, 2.05) is 0 Å². The first-order valence-corrected chi connectivity index (χ1v) is 7.17. The molecule has 2 N–H and O–H groups in total. The van der Waals surface area contributed by atoms with Gasteiger partial charge in [-0.1, -0.05) is 30.3 Å². The van der Waals surface area contributed by atoms with Crippen LogP contribution in [-0.2, 0) is 4.79 Å². The van der Waals surface area contributed by atoms with Crippen molar-refractivity contribution in [3.05, 3.63) is 35.9 Å². The molecule has 1 fully saturated rings. The number of hydrogen-bond acceptors (Lipinski definition) is 2. The van der Waals surface area contributed by atoms with Crippen molar-refractivity contribution >= 4 is 12.0 Å². The van der Waals surface area contributed by atoms with Crippen LogP contribution in [0.25, 0.3) is 0 Å². The molecule has 2 atom stereocenters. The summed E-state index contributed by atoms with van der Waals surface area (Å²) in [6.07, 6.45) is -5.76. The highest BCUT2D eigenvalue weighted by molar-refractivity contribution is 5.82. The highest BCUT2D eigenvalue weighted by atomic mass is 19.4. The van der Waals surface area contributed by atoms with E-state index in [0.29, 0.717) is 6.42 Å². The van der Waals surface area contributed by atoms with Crippen molar-refractivity contribution in [3.8, 4) is 0 Å². The second kappa shape index (κ2) is 6.89. The Morgan fingerprint density at radius 3 is 2.48 bits per heavy atom. The van der Waals surface area contributed by atoms with Gasteiger partial charge < -0.3 is 15.3 Å². The molecule has 1 aromatic rings. The molecule has 1 saturated heterocycles. The summed E-state index contributed by atoms with van der Waals surface area (Å²) in [7, 11) is 0. The fourth-order valence-corrected chi connectivity index (χ4v) is 2.90. The molecule has 1 aromatic carbocycles. The van der Waals surface area contributed by atoms with Gasteiger partial charge in [0.25, 0.3) is 0 Å². The van der Waals surface area contributed by atoms with Crippen molar-refractivity contribution in [2.75, 3.05) is 19.6 Å². The third kappa shape index (κ3) is 4.37. The van der Waals surface area contributed by atoms with E-state index in [1.54, 1.807) is 30.3 Å². The number of nitrogens with one attached hydrogen (secondary N) is 1. The summed E-state index contributed by atoms with van der Waals surface area (Å²) in [6, 6.07) is 8.87. The Morgan fingerprint density at radius 2 is 1.91 bits per heavy atom. The molecule has 0 aromatic heterocycles. The van der Waals surface area contributed by atoms with E-state index >= 15 is 0 Å². The predicted molar refractivity (Wildman–Crippen MR) is 76.0 cm³/mol. The molecule has 2 rings (SSSR count). The average molecular weight is 330 g/mol. The molecule has 23 heavy (non-hydrogen) atoms. The zero-order chi connectivity index (χ0) is 17.0. The van der Waals surface area contributed by atoms with Gasteiger partial charge in [-0.2, -0.15) is 13.2 Å². The van der Waals surface area contributed by atoms with Crippen LogP contribution in [0, 0.1) is 5.92 Å². The Kier molecular flexibility index (Phi) is 5.12. The fourth-order valence-electron chi connectivity index (χ4n) is 2.90. The molecular formula is C15H17F3N2O3. The topological polar surface area (TPSA) is 69.6 Å². The lowest BCUT2D eigenvalue weighted by molar-refractivity contribution is -0.187. The molecule has 1 heterocycles. The Hall–Kier alpha value is -2.25. The van der Waals surface area contributed by atoms with Gasteiger partial charge in [-0.25, -0.2) is 4.79 Å². The number of nitrogens with zero attached hydrogens (tertiary/aromatic N) is 1. The normalized spacial score (nSPS) is 21.8. The number of alkyl halides is 3. The molecule has 0 bridgehead atoms. The number of halogens is 3. The number of hydrogen-bond donors (Lipinski definition) is 2. The van der Waals surface area contributed by atoms with Gasteiger partial charge in [-0.05, 0) is 17.9 Å². The SMILES string of the molecule is O=C(O)NCC1CCN(C(=O)C(F)(F)F)CC1c1ccccc1. The monoisotopic (exact) mass is 330 g/mol. The summed E-state index contributed by atoms with van der Waals surface area (Å²) in [4.78, 5) is 22.9. The van der Waals surface area contributed by atoms with Crippen molar-refractivity contribution in [2.45, 2.75) is 18.5 Å². The Bertz CT molecular complexity index is 563. The zero-order valence-electron chi connectivity index (χ0n) is 12.2. The van der Waals surface area contributed by atoms with Crippen molar-refractivity contribution in [3.63, 3.8) is 0 Å². The Labute approximate surface area is 131 Å². The van der Waals surface area contributed by atoms with E-state index in [9.17, 15) is 22.8 Å². The Balaban J connectivity index is 2.17. The molecule has 8 heteroatoms. The van der Waals surface area contributed by atoms with Gasteiger partial charge in [0.15, 0.2) is 0 Å². The maximum atomic E-state index is 12.6. The van der Waals surface area contributed by atoms with E-state index in [4.69, 9.17) is 5.11 Å². The van der Waals surface area contributed by atoms with Crippen LogP contribution in [0.1, 0.15) is 17.9 Å². The first-order chi connectivity index (χ1) is 10.8. The lowest BCUT2D eigenvalue weighted by Crippen LogP contribution is -2.49. The van der Waals surface area contributed by atoms with Crippen molar-refractivity contribution < 1.29 is 27.9 Å². The third-order valence-electron chi connectivity index (χ3n) is 4.03. The maximum absolute atomic E-state index is 12.6. The van der Waals surface area contributed by atoms with Crippen LogP contribution in [0.3, 0.4) is 0 Å². The van der Waals surface area contributed by atoms with Gasteiger partial charge in [0.2, 0.25) is 0 Å². The maximum Gasteiger partial charge on any atom is 0.471 e. The summed E-state index contributed by atoms with van der Waals surface area (Å²) >= 11 is 0. The second-order valence-electron chi connectivity index (χ2n) is 5.50. The minimum Gasteiger partial charge on any atom is -0.465 e. The van der Waals surface area contributed by atoms with Gasteiger partial charge in [0.1, 0.15) is 0 Å². The third-order valence-corrected chi connectivity index (χ3v) is 4.03. The summed E-state index contributed by atoms with van der Waals surface area (Å²) in [5.41, 5.74) is 0.796. The number of carboxylic acid groups (broad SMARTS) is 1. The molecule has 5 nitrogen and oxygen atoms in total. The molecule has 1 aliphatic rings. The van der Waals surface area contributed by atoms with Crippen LogP contribution in [0.5, 0.6) is 0 Å². The van der Waals surface area contributed by atoms with E-state index in [1.165, 1.54) is 0 Å². The number of amides is 2. The molecule has 126 valence electrons. The molecule has 0 aliphatic carbocycles. The highest BCUT2D eigenvalue weighted by Crippen LogP contribution is 2.33. The number of rotatable bonds is 3. The zero-order valence-corrected chi connectivity index (χ0v) is 12.2. The second-order valence-corrected chi connectivity index (χ2v) is 5.50. The van der Waals surface area contributed by atoms with E-state index in [0.717, 1.165) is 10.5 Å². The summed E-state index contributed by atoms with van der Waals surface area (Å²) in [6.45, 7) is 0.0326. The van der Waals surface area contributed by atoms with E-state index < -0.39 is 18.2 Å². The van der Waals surface area contributed by atoms with Gasteiger partial charge in [0.05, 0.1) is 0 Å². The summed E-state index contributed by atoms with van der Waals surface area (Å²) in [5, 5.41) is 11.0. The van der Waals surface area contributed by atoms with Crippen LogP contribution in [0.4, 0.5) is 18.0 Å². The van der Waals surface area contributed by atoms with Gasteiger partial charge in [-0.15, -0.1) is 0 Å². The van der Waals surface area contributed by atoms with Crippen LogP contribution in [0.15, 0.2) is 30.3 Å². The van der Waals surface area contributed by atoms with Crippen molar-refractivity contribution in [1.82, 2.24) is 10.2 Å². The number of carbonyl (C=O) groups excluding carboxylic acids is 1. The molecule has 2 unspecified atom stereocenters. The minimum atomic E-state index is -4.90. The highest BCUT2D eigenvalue weighted by Gasteiger charge is 2.45. The molecular weight excluding hydrogens is 313 g/mol. The standard InChI is InChI=1S/C15H17F3N2O3/c16-15(17,18)13(21)20-7-6-11(8-19-14(22)23)12(9-20)10-4-2-1-3-5-10/h1-5,11-12,19H,6-9H2,(H,22,23). The quantitative estimate of drug-likeness (QED) is 0.894. The van der Waals surface area contributed by atoms with E-state index in [-0.39, 0.29) is 31.5 Å². The largest absolute Gasteiger partial charge is 0.471 e.